The molecule has 0 atom stereocenters. The molecular formula is C22H22F3N3O3. The van der Waals surface area contributed by atoms with Crippen molar-refractivity contribution in [2.45, 2.75) is 33.4 Å². The number of carboxylic acid groups (broad SMARTS) is 1. The van der Waals surface area contributed by atoms with E-state index in [0.29, 0.717) is 23.4 Å². The Morgan fingerprint density at radius 3 is 2.42 bits per heavy atom. The molecule has 2 heterocycles. The number of aromatic nitrogens is 3. The minimum Gasteiger partial charge on any atom is -0.492 e. The van der Waals surface area contributed by atoms with Crippen LogP contribution in [0.2, 0.25) is 0 Å². The number of H-pyrrole nitrogens is 1. The molecule has 1 aromatic carbocycles. The second-order valence-electron chi connectivity index (χ2n) is 7.73. The van der Waals surface area contributed by atoms with Crippen molar-refractivity contribution in [2.75, 3.05) is 6.61 Å². The Labute approximate surface area is 177 Å². The van der Waals surface area contributed by atoms with E-state index in [4.69, 9.17) is 4.74 Å². The fourth-order valence-electron chi connectivity index (χ4n) is 2.83. The molecule has 164 valence electrons. The van der Waals surface area contributed by atoms with Crippen LogP contribution in [0.15, 0.2) is 42.7 Å². The summed E-state index contributed by atoms with van der Waals surface area (Å²) in [6.07, 6.45) is -1.58. The molecule has 0 radical (unpaired) electrons. The number of carbonyl (C=O) groups is 1. The first-order chi connectivity index (χ1) is 14.5. The van der Waals surface area contributed by atoms with Gasteiger partial charge < -0.3 is 14.8 Å². The molecule has 0 fully saturated rings. The number of pyridine rings is 1. The summed E-state index contributed by atoms with van der Waals surface area (Å²) in [5, 5.41) is 9.21. The summed E-state index contributed by atoms with van der Waals surface area (Å²) in [5.41, 5.74) is 0.966. The van der Waals surface area contributed by atoms with Gasteiger partial charge in [0.2, 0.25) is 0 Å². The minimum atomic E-state index is -4.49. The molecule has 0 spiro atoms. The molecule has 0 aliphatic carbocycles. The third-order valence-electron chi connectivity index (χ3n) is 4.83. The molecule has 9 heteroatoms. The van der Waals surface area contributed by atoms with E-state index in [9.17, 15) is 23.1 Å². The second-order valence-corrected chi connectivity index (χ2v) is 7.73. The van der Waals surface area contributed by atoms with E-state index in [1.807, 2.05) is 19.1 Å². The average molecular weight is 433 g/mol. The molecule has 3 aromatic rings. The van der Waals surface area contributed by atoms with Gasteiger partial charge in [-0.2, -0.15) is 13.2 Å². The Morgan fingerprint density at radius 2 is 1.87 bits per heavy atom. The summed E-state index contributed by atoms with van der Waals surface area (Å²) < 4.78 is 43.9. The summed E-state index contributed by atoms with van der Waals surface area (Å²) in [6, 6.07) is 8.78. The van der Waals surface area contributed by atoms with E-state index < -0.39 is 23.3 Å². The van der Waals surface area contributed by atoms with Gasteiger partial charge in [0.05, 0.1) is 17.3 Å². The lowest BCUT2D eigenvalue weighted by Crippen LogP contribution is -2.30. The number of nitrogens with one attached hydrogen (secondary N) is 1. The van der Waals surface area contributed by atoms with Crippen LogP contribution in [0.1, 0.15) is 32.0 Å². The standard InChI is InChI=1S/C22H22F3N3O3/c1-4-13-9-15(31-12-21(2,3)20(29)30)6-7-16(13)17-8-5-14(10-26-17)19-27-11-18(28-19)22(23,24)25/h5-11H,4,12H2,1-3H3,(H,27,28)(H,29,30). The minimum absolute atomic E-state index is 0.0286. The lowest BCUT2D eigenvalue weighted by Gasteiger charge is -2.20. The Hall–Kier alpha value is -3.36. The summed E-state index contributed by atoms with van der Waals surface area (Å²) in [5.74, 6) is -0.295. The summed E-state index contributed by atoms with van der Waals surface area (Å²) in [7, 11) is 0. The maximum absolute atomic E-state index is 12.8. The van der Waals surface area contributed by atoms with Crippen molar-refractivity contribution in [1.29, 1.82) is 0 Å². The van der Waals surface area contributed by atoms with Gasteiger partial charge in [-0.15, -0.1) is 0 Å². The third kappa shape index (κ3) is 5.04. The quantitative estimate of drug-likeness (QED) is 0.534. The molecule has 2 aromatic heterocycles. The summed E-state index contributed by atoms with van der Waals surface area (Å²) in [6.45, 7) is 5.18. The molecule has 0 amide bonds. The van der Waals surface area contributed by atoms with Gasteiger partial charge in [-0.1, -0.05) is 6.92 Å². The fraction of sp³-hybridized carbons (Fsp3) is 0.318. The molecular weight excluding hydrogens is 411 g/mol. The van der Waals surface area contributed by atoms with Crippen LogP contribution < -0.4 is 4.74 Å². The average Bonchev–Trinajstić information content (AvgIpc) is 3.23. The van der Waals surface area contributed by atoms with Gasteiger partial charge in [-0.05, 0) is 56.2 Å². The highest BCUT2D eigenvalue weighted by Gasteiger charge is 2.33. The van der Waals surface area contributed by atoms with E-state index >= 15 is 0 Å². The van der Waals surface area contributed by atoms with Crippen molar-refractivity contribution < 1.29 is 27.8 Å². The van der Waals surface area contributed by atoms with E-state index in [-0.39, 0.29) is 12.4 Å². The van der Waals surface area contributed by atoms with Gasteiger partial charge >= 0.3 is 12.1 Å². The van der Waals surface area contributed by atoms with Crippen molar-refractivity contribution in [3.05, 3.63) is 54.0 Å². The highest BCUT2D eigenvalue weighted by atomic mass is 19.4. The summed E-state index contributed by atoms with van der Waals surface area (Å²) >= 11 is 0. The SMILES string of the molecule is CCc1cc(OCC(C)(C)C(=O)O)ccc1-c1ccc(-c2ncc(C(F)(F)F)[nH]2)cn1. The molecule has 0 aliphatic heterocycles. The molecule has 31 heavy (non-hydrogen) atoms. The van der Waals surface area contributed by atoms with Crippen molar-refractivity contribution in [3.8, 4) is 28.4 Å². The Bertz CT molecular complexity index is 1070. The van der Waals surface area contributed by atoms with Crippen LogP contribution in [-0.4, -0.2) is 32.6 Å². The Morgan fingerprint density at radius 1 is 1.13 bits per heavy atom. The van der Waals surface area contributed by atoms with Crippen LogP contribution in [0.25, 0.3) is 22.6 Å². The van der Waals surface area contributed by atoms with Crippen molar-refractivity contribution >= 4 is 5.97 Å². The number of halogens is 3. The number of hydrogen-bond donors (Lipinski definition) is 2. The zero-order chi connectivity index (χ0) is 22.8. The Balaban J connectivity index is 1.81. The van der Waals surface area contributed by atoms with Crippen LogP contribution in [0.3, 0.4) is 0 Å². The molecule has 6 nitrogen and oxygen atoms in total. The first-order valence-electron chi connectivity index (χ1n) is 9.59. The number of imidazole rings is 1. The van der Waals surface area contributed by atoms with Gasteiger partial charge in [0.1, 0.15) is 23.9 Å². The van der Waals surface area contributed by atoms with Gasteiger partial charge in [0, 0.05) is 17.3 Å². The number of aryl methyl sites for hydroxylation is 1. The van der Waals surface area contributed by atoms with Gasteiger partial charge in [-0.25, -0.2) is 4.98 Å². The monoisotopic (exact) mass is 433 g/mol. The lowest BCUT2D eigenvalue weighted by molar-refractivity contribution is -0.148. The van der Waals surface area contributed by atoms with E-state index in [0.717, 1.165) is 17.3 Å². The largest absolute Gasteiger partial charge is 0.492 e. The number of aromatic amines is 1. The van der Waals surface area contributed by atoms with Crippen LogP contribution in [0.4, 0.5) is 13.2 Å². The van der Waals surface area contributed by atoms with Crippen molar-refractivity contribution in [1.82, 2.24) is 15.0 Å². The number of benzene rings is 1. The zero-order valence-corrected chi connectivity index (χ0v) is 17.2. The van der Waals surface area contributed by atoms with Crippen LogP contribution >= 0.6 is 0 Å². The number of hydrogen-bond acceptors (Lipinski definition) is 4. The molecule has 3 rings (SSSR count). The number of ether oxygens (including phenoxy) is 1. The smallest absolute Gasteiger partial charge is 0.432 e. The third-order valence-corrected chi connectivity index (χ3v) is 4.83. The van der Waals surface area contributed by atoms with Crippen LogP contribution in [0, 0.1) is 5.41 Å². The Kier molecular flexibility index (Phi) is 6.06. The first-order valence-corrected chi connectivity index (χ1v) is 9.59. The predicted molar refractivity (Wildman–Crippen MR) is 109 cm³/mol. The van der Waals surface area contributed by atoms with Gasteiger partial charge in [-0.3, -0.25) is 9.78 Å². The van der Waals surface area contributed by atoms with Crippen LogP contribution in [0.5, 0.6) is 5.75 Å². The highest BCUT2D eigenvalue weighted by Crippen LogP contribution is 2.31. The number of aliphatic carboxylic acids is 1. The highest BCUT2D eigenvalue weighted by molar-refractivity contribution is 5.73. The zero-order valence-electron chi connectivity index (χ0n) is 17.2. The number of alkyl halides is 3. The lowest BCUT2D eigenvalue weighted by atomic mass is 9.95. The number of rotatable bonds is 7. The molecule has 0 unspecified atom stereocenters. The van der Waals surface area contributed by atoms with E-state index in [1.54, 1.807) is 32.0 Å². The van der Waals surface area contributed by atoms with Crippen molar-refractivity contribution in [3.63, 3.8) is 0 Å². The van der Waals surface area contributed by atoms with Crippen molar-refractivity contribution in [2.24, 2.45) is 5.41 Å². The molecule has 2 N–H and O–H groups in total. The maximum Gasteiger partial charge on any atom is 0.432 e. The van der Waals surface area contributed by atoms with Gasteiger partial charge in [0.25, 0.3) is 0 Å². The first kappa shape index (κ1) is 22.3. The fourth-order valence-corrected chi connectivity index (χ4v) is 2.83. The number of carboxylic acids is 1. The molecule has 0 saturated carbocycles. The normalized spacial score (nSPS) is 12.1. The molecule has 0 aliphatic rings. The number of nitrogens with zero attached hydrogens (tertiary/aromatic N) is 2. The second kappa shape index (κ2) is 8.41. The van der Waals surface area contributed by atoms with E-state index in [1.165, 1.54) is 6.20 Å². The topological polar surface area (TPSA) is 88.1 Å². The molecule has 0 saturated heterocycles. The maximum atomic E-state index is 12.8. The summed E-state index contributed by atoms with van der Waals surface area (Å²) in [4.78, 5) is 21.7. The van der Waals surface area contributed by atoms with Gasteiger partial charge in [0.15, 0.2) is 0 Å². The predicted octanol–water partition coefficient (Wildman–Crippen LogP) is 5.21. The van der Waals surface area contributed by atoms with E-state index in [2.05, 4.69) is 15.0 Å². The van der Waals surface area contributed by atoms with Crippen LogP contribution in [-0.2, 0) is 17.4 Å². The molecule has 0 bridgehead atoms.